The molecule has 0 bridgehead atoms. The van der Waals surface area contributed by atoms with Crippen LogP contribution in [0, 0.1) is 5.92 Å². The second-order valence-electron chi connectivity index (χ2n) is 5.16. The van der Waals surface area contributed by atoms with Crippen molar-refractivity contribution in [3.05, 3.63) is 47.2 Å². The Morgan fingerprint density at radius 3 is 2.78 bits per heavy atom. The van der Waals surface area contributed by atoms with Gasteiger partial charge in [-0.2, -0.15) is 0 Å². The summed E-state index contributed by atoms with van der Waals surface area (Å²) in [4.78, 5) is 10.7. The summed E-state index contributed by atoms with van der Waals surface area (Å²) < 4.78 is 4.91. The van der Waals surface area contributed by atoms with Crippen molar-refractivity contribution in [3.63, 3.8) is 0 Å². The molecule has 0 amide bonds. The molecular weight excluding hydrogens is 224 g/mol. The van der Waals surface area contributed by atoms with Crippen molar-refractivity contribution in [2.45, 2.75) is 39.5 Å². The van der Waals surface area contributed by atoms with Crippen LogP contribution >= 0.6 is 0 Å². The van der Waals surface area contributed by atoms with Gasteiger partial charge in [-0.1, -0.05) is 24.3 Å². The molecule has 2 nitrogen and oxygen atoms in total. The minimum atomic E-state index is -0.247. The van der Waals surface area contributed by atoms with E-state index < -0.39 is 0 Å². The van der Waals surface area contributed by atoms with E-state index in [-0.39, 0.29) is 5.97 Å². The lowest BCUT2D eigenvalue weighted by atomic mass is 9.81. The maximum absolute atomic E-state index is 10.7. The van der Waals surface area contributed by atoms with Crippen molar-refractivity contribution in [1.29, 1.82) is 0 Å². The molecule has 1 aliphatic carbocycles. The number of allylic oxidation sites excluding steroid dienone is 1. The molecule has 0 saturated heterocycles. The molecule has 0 saturated carbocycles. The lowest BCUT2D eigenvalue weighted by Gasteiger charge is -2.24. The fourth-order valence-corrected chi connectivity index (χ4v) is 2.63. The number of fused-ring (bicyclic) bond motifs is 1. The van der Waals surface area contributed by atoms with Crippen LogP contribution in [0.25, 0.3) is 0 Å². The summed E-state index contributed by atoms with van der Waals surface area (Å²) in [5.74, 6) is 0.426. The number of hydrogen-bond acceptors (Lipinski definition) is 2. The van der Waals surface area contributed by atoms with Crippen molar-refractivity contribution in [1.82, 2.24) is 0 Å². The normalized spacial score (nSPS) is 19.2. The standard InChI is InChI=1S/C16H20O2/c1-12(11-18-13(2)17)9-14-7-8-15-5-3-4-6-16(15)10-14/h3-6,11,14H,7-10H2,1-2H3/b12-11+. The lowest BCUT2D eigenvalue weighted by molar-refractivity contribution is -0.135. The summed E-state index contributed by atoms with van der Waals surface area (Å²) in [6.07, 6.45) is 6.15. The van der Waals surface area contributed by atoms with Gasteiger partial charge in [0.05, 0.1) is 6.26 Å². The Kier molecular flexibility index (Phi) is 4.19. The fourth-order valence-electron chi connectivity index (χ4n) is 2.63. The van der Waals surface area contributed by atoms with Gasteiger partial charge in [-0.15, -0.1) is 0 Å². The van der Waals surface area contributed by atoms with Gasteiger partial charge in [-0.05, 0) is 55.2 Å². The van der Waals surface area contributed by atoms with Crippen molar-refractivity contribution in [3.8, 4) is 0 Å². The van der Waals surface area contributed by atoms with Crippen LogP contribution in [0.2, 0.25) is 0 Å². The summed E-state index contributed by atoms with van der Waals surface area (Å²) in [5.41, 5.74) is 4.12. The average molecular weight is 244 g/mol. The Morgan fingerprint density at radius 1 is 1.33 bits per heavy atom. The van der Waals surface area contributed by atoms with Crippen LogP contribution in [-0.2, 0) is 22.4 Å². The van der Waals surface area contributed by atoms with E-state index in [4.69, 9.17) is 4.74 Å². The number of ether oxygens (including phenoxy) is 1. The highest BCUT2D eigenvalue weighted by Gasteiger charge is 2.18. The second kappa shape index (κ2) is 5.85. The Hall–Kier alpha value is -1.57. The van der Waals surface area contributed by atoms with Gasteiger partial charge in [0, 0.05) is 6.92 Å². The molecule has 1 aromatic carbocycles. The molecule has 0 radical (unpaired) electrons. The zero-order valence-corrected chi connectivity index (χ0v) is 11.1. The van der Waals surface area contributed by atoms with Crippen LogP contribution in [0.3, 0.4) is 0 Å². The van der Waals surface area contributed by atoms with Crippen LogP contribution < -0.4 is 0 Å². The third kappa shape index (κ3) is 3.46. The van der Waals surface area contributed by atoms with Crippen molar-refractivity contribution < 1.29 is 9.53 Å². The number of esters is 1. The topological polar surface area (TPSA) is 26.3 Å². The van der Waals surface area contributed by atoms with Gasteiger partial charge in [-0.25, -0.2) is 0 Å². The number of benzene rings is 1. The van der Waals surface area contributed by atoms with Gasteiger partial charge < -0.3 is 4.74 Å². The number of carbonyl (C=O) groups excluding carboxylic acids is 1. The van der Waals surface area contributed by atoms with Gasteiger partial charge in [0.25, 0.3) is 0 Å². The van der Waals surface area contributed by atoms with E-state index >= 15 is 0 Å². The van der Waals surface area contributed by atoms with Gasteiger partial charge in [-0.3, -0.25) is 4.79 Å². The monoisotopic (exact) mass is 244 g/mol. The number of rotatable bonds is 3. The highest BCUT2D eigenvalue weighted by Crippen LogP contribution is 2.29. The first kappa shape index (κ1) is 12.9. The molecule has 2 heteroatoms. The van der Waals surface area contributed by atoms with Crippen LogP contribution in [0.15, 0.2) is 36.1 Å². The van der Waals surface area contributed by atoms with Gasteiger partial charge in [0.15, 0.2) is 0 Å². The molecular formula is C16H20O2. The number of aryl methyl sites for hydroxylation is 1. The van der Waals surface area contributed by atoms with Crippen LogP contribution in [0.4, 0.5) is 0 Å². The van der Waals surface area contributed by atoms with Crippen LogP contribution in [-0.4, -0.2) is 5.97 Å². The molecule has 1 aromatic rings. The van der Waals surface area contributed by atoms with E-state index in [0.29, 0.717) is 5.92 Å². The minimum Gasteiger partial charge on any atom is -0.435 e. The van der Waals surface area contributed by atoms with E-state index in [2.05, 4.69) is 24.3 Å². The molecule has 96 valence electrons. The third-order valence-corrected chi connectivity index (χ3v) is 3.49. The SMILES string of the molecule is CC(=O)O/C=C(\C)CC1CCc2ccccc2C1. The summed E-state index contributed by atoms with van der Waals surface area (Å²) in [6.45, 7) is 3.46. The summed E-state index contributed by atoms with van der Waals surface area (Å²) in [5, 5.41) is 0. The smallest absolute Gasteiger partial charge is 0.307 e. The lowest BCUT2D eigenvalue weighted by Crippen LogP contribution is -2.14. The Bertz CT molecular complexity index is 460. The van der Waals surface area contributed by atoms with Crippen LogP contribution in [0.5, 0.6) is 0 Å². The maximum Gasteiger partial charge on any atom is 0.307 e. The van der Waals surface area contributed by atoms with Gasteiger partial charge in [0.2, 0.25) is 0 Å². The second-order valence-corrected chi connectivity index (χ2v) is 5.16. The molecule has 0 fully saturated rings. The van der Waals surface area contributed by atoms with Gasteiger partial charge in [0.1, 0.15) is 0 Å². The molecule has 0 N–H and O–H groups in total. The third-order valence-electron chi connectivity index (χ3n) is 3.49. The Balaban J connectivity index is 1.93. The van der Waals surface area contributed by atoms with E-state index in [1.807, 2.05) is 6.92 Å². The van der Waals surface area contributed by atoms with E-state index in [1.165, 1.54) is 30.9 Å². The molecule has 0 aromatic heterocycles. The van der Waals surface area contributed by atoms with E-state index in [0.717, 1.165) is 18.4 Å². The molecule has 2 rings (SSSR count). The Labute approximate surface area is 109 Å². The highest BCUT2D eigenvalue weighted by atomic mass is 16.5. The molecule has 1 aliphatic rings. The predicted octanol–water partition coefficient (Wildman–Crippen LogP) is 3.65. The number of carbonyl (C=O) groups is 1. The fraction of sp³-hybridized carbons (Fsp3) is 0.438. The van der Waals surface area contributed by atoms with E-state index in [1.54, 1.807) is 6.26 Å². The summed E-state index contributed by atoms with van der Waals surface area (Å²) in [7, 11) is 0. The molecule has 1 atom stereocenters. The summed E-state index contributed by atoms with van der Waals surface area (Å²) in [6, 6.07) is 8.69. The van der Waals surface area contributed by atoms with Crippen molar-refractivity contribution in [2.24, 2.45) is 5.92 Å². The first-order valence-corrected chi connectivity index (χ1v) is 6.55. The highest BCUT2D eigenvalue weighted by molar-refractivity contribution is 5.66. The van der Waals surface area contributed by atoms with Crippen molar-refractivity contribution in [2.75, 3.05) is 0 Å². The Morgan fingerprint density at radius 2 is 2.06 bits per heavy atom. The quantitative estimate of drug-likeness (QED) is 0.599. The summed E-state index contributed by atoms with van der Waals surface area (Å²) >= 11 is 0. The zero-order chi connectivity index (χ0) is 13.0. The zero-order valence-electron chi connectivity index (χ0n) is 11.1. The van der Waals surface area contributed by atoms with Crippen LogP contribution in [0.1, 0.15) is 37.8 Å². The molecule has 18 heavy (non-hydrogen) atoms. The first-order valence-electron chi connectivity index (χ1n) is 6.55. The van der Waals surface area contributed by atoms with Gasteiger partial charge >= 0.3 is 5.97 Å². The van der Waals surface area contributed by atoms with E-state index in [9.17, 15) is 4.79 Å². The predicted molar refractivity (Wildman–Crippen MR) is 72.1 cm³/mol. The minimum absolute atomic E-state index is 0.247. The van der Waals surface area contributed by atoms with Crippen molar-refractivity contribution >= 4 is 5.97 Å². The molecule has 1 unspecified atom stereocenters. The maximum atomic E-state index is 10.7. The molecule has 0 heterocycles. The average Bonchev–Trinajstić information content (AvgIpc) is 2.36. The number of hydrogen-bond donors (Lipinski definition) is 0. The molecule has 0 spiro atoms. The first-order chi connectivity index (χ1) is 8.65. The largest absolute Gasteiger partial charge is 0.435 e. The molecule has 0 aliphatic heterocycles.